The normalized spacial score (nSPS) is 11.0. The molecule has 0 fully saturated rings. The molecule has 0 bridgehead atoms. The molecule has 0 spiro atoms. The molecular weight excluding hydrogens is 322 g/mol. The van der Waals surface area contributed by atoms with E-state index >= 15 is 0 Å². The van der Waals surface area contributed by atoms with E-state index in [-0.39, 0.29) is 4.77 Å². The van der Waals surface area contributed by atoms with Gasteiger partial charge < -0.3 is 20.9 Å². The molecule has 3 aromatic heterocycles. The summed E-state index contributed by atoms with van der Waals surface area (Å²) in [5.41, 5.74) is 15.5. The lowest BCUT2D eigenvalue weighted by Gasteiger charge is -2.10. The third-order valence-corrected chi connectivity index (χ3v) is 3.91. The largest absolute Gasteiger partial charge is 0.464 e. The summed E-state index contributed by atoms with van der Waals surface area (Å²) in [4.78, 5) is 11.8. The van der Waals surface area contributed by atoms with Crippen molar-refractivity contribution in [3.8, 4) is 22.6 Å². The summed E-state index contributed by atoms with van der Waals surface area (Å²) < 4.78 is 5.84. The number of hydrogen-bond donors (Lipinski definition) is 3. The number of nitrogens with two attached hydrogens (primary N) is 2. The van der Waals surface area contributed by atoms with Crippen molar-refractivity contribution in [3.05, 3.63) is 53.5 Å². The first-order valence-electron chi connectivity index (χ1n) is 7.22. The molecule has 0 saturated carbocycles. The monoisotopic (exact) mass is 335 g/mol. The molecule has 0 atom stereocenters. The number of nitrogen functional groups attached to an aromatic ring is 2. The molecule has 24 heavy (non-hydrogen) atoms. The Kier molecular flexibility index (Phi) is 3.28. The maximum atomic E-state index is 6.11. The Bertz CT molecular complexity index is 1080. The van der Waals surface area contributed by atoms with Crippen LogP contribution in [0.25, 0.3) is 33.6 Å². The summed E-state index contributed by atoms with van der Waals surface area (Å²) in [7, 11) is 0. The van der Waals surface area contributed by atoms with Crippen molar-refractivity contribution in [2.75, 3.05) is 11.5 Å². The van der Waals surface area contributed by atoms with Crippen LogP contribution in [-0.2, 0) is 0 Å². The number of anilines is 2. The second-order valence-corrected chi connectivity index (χ2v) is 5.70. The molecule has 0 unspecified atom stereocenters. The molecule has 6 nitrogen and oxygen atoms in total. The van der Waals surface area contributed by atoms with Crippen LogP contribution in [-0.4, -0.2) is 15.0 Å². The number of H-pyrrole nitrogens is 1. The van der Waals surface area contributed by atoms with Crippen LogP contribution in [0.5, 0.6) is 0 Å². The SMILES string of the molecule is Nc1ccc(-c2cc(-c3ccco3)c3c(N)[nH]c(=S)nc3n2)cc1. The van der Waals surface area contributed by atoms with Crippen LogP contribution in [0.3, 0.4) is 0 Å². The van der Waals surface area contributed by atoms with E-state index in [9.17, 15) is 0 Å². The van der Waals surface area contributed by atoms with Crippen molar-refractivity contribution in [2.45, 2.75) is 0 Å². The second kappa shape index (κ2) is 5.47. The topological polar surface area (TPSA) is 107 Å². The number of nitrogens with zero attached hydrogens (tertiary/aromatic N) is 2. The van der Waals surface area contributed by atoms with Gasteiger partial charge in [-0.2, -0.15) is 4.98 Å². The minimum Gasteiger partial charge on any atom is -0.464 e. The number of pyridine rings is 1. The Hall–Kier alpha value is -3.19. The molecule has 0 amide bonds. The molecular formula is C17H13N5OS. The fraction of sp³-hybridized carbons (Fsp3) is 0. The first kappa shape index (κ1) is 14.4. The fourth-order valence-electron chi connectivity index (χ4n) is 2.61. The van der Waals surface area contributed by atoms with Gasteiger partial charge in [0.1, 0.15) is 11.6 Å². The molecule has 0 radical (unpaired) electrons. The zero-order valence-electron chi connectivity index (χ0n) is 12.5. The van der Waals surface area contributed by atoms with Gasteiger partial charge in [0, 0.05) is 16.8 Å². The molecule has 0 aliphatic carbocycles. The van der Waals surface area contributed by atoms with E-state index in [1.807, 2.05) is 42.5 Å². The smallest absolute Gasteiger partial charge is 0.200 e. The predicted molar refractivity (Wildman–Crippen MR) is 96.7 cm³/mol. The lowest BCUT2D eigenvalue weighted by Crippen LogP contribution is -1.99. The van der Waals surface area contributed by atoms with Crippen molar-refractivity contribution in [3.63, 3.8) is 0 Å². The number of aromatic amines is 1. The Morgan fingerprint density at radius 1 is 1.04 bits per heavy atom. The maximum absolute atomic E-state index is 6.11. The minimum absolute atomic E-state index is 0.285. The summed E-state index contributed by atoms with van der Waals surface area (Å²) in [5, 5.41) is 0.678. The van der Waals surface area contributed by atoms with Crippen LogP contribution >= 0.6 is 12.2 Å². The van der Waals surface area contributed by atoms with Crippen LogP contribution in [0.4, 0.5) is 11.5 Å². The summed E-state index contributed by atoms with van der Waals surface area (Å²) in [6.45, 7) is 0. The van der Waals surface area contributed by atoms with Gasteiger partial charge in [-0.1, -0.05) is 12.1 Å². The molecule has 7 heteroatoms. The quantitative estimate of drug-likeness (QED) is 0.380. The fourth-order valence-corrected chi connectivity index (χ4v) is 2.80. The number of aromatic nitrogens is 3. The number of furan rings is 1. The average Bonchev–Trinajstić information content (AvgIpc) is 3.08. The van der Waals surface area contributed by atoms with Gasteiger partial charge in [-0.15, -0.1) is 0 Å². The average molecular weight is 335 g/mol. The minimum atomic E-state index is 0.285. The highest BCUT2D eigenvalue weighted by atomic mass is 32.1. The third-order valence-electron chi connectivity index (χ3n) is 3.71. The number of fused-ring (bicyclic) bond motifs is 1. The van der Waals surface area contributed by atoms with Crippen molar-refractivity contribution >= 4 is 34.8 Å². The van der Waals surface area contributed by atoms with E-state index in [0.717, 1.165) is 16.8 Å². The summed E-state index contributed by atoms with van der Waals surface area (Å²) >= 11 is 5.12. The van der Waals surface area contributed by atoms with E-state index in [1.54, 1.807) is 6.26 Å². The highest BCUT2D eigenvalue weighted by Crippen LogP contribution is 2.34. The molecule has 1 aromatic carbocycles. The van der Waals surface area contributed by atoms with Crippen LogP contribution in [0.15, 0.2) is 53.1 Å². The van der Waals surface area contributed by atoms with E-state index in [4.69, 9.17) is 28.1 Å². The van der Waals surface area contributed by atoms with Crippen molar-refractivity contribution in [1.82, 2.24) is 15.0 Å². The predicted octanol–water partition coefficient (Wildman–Crippen LogP) is 3.78. The molecule has 0 saturated heterocycles. The molecule has 0 aliphatic rings. The highest BCUT2D eigenvalue weighted by molar-refractivity contribution is 7.71. The number of hydrogen-bond acceptors (Lipinski definition) is 6. The third kappa shape index (κ3) is 2.40. The summed E-state index contributed by atoms with van der Waals surface area (Å²) in [6.07, 6.45) is 1.61. The maximum Gasteiger partial charge on any atom is 0.200 e. The molecule has 5 N–H and O–H groups in total. The lowest BCUT2D eigenvalue weighted by atomic mass is 10.0. The van der Waals surface area contributed by atoms with Gasteiger partial charge in [0.15, 0.2) is 10.4 Å². The van der Waals surface area contributed by atoms with Crippen LogP contribution in [0, 0.1) is 4.77 Å². The molecule has 3 heterocycles. The number of nitrogens with one attached hydrogen (secondary N) is 1. The van der Waals surface area contributed by atoms with E-state index in [2.05, 4.69) is 15.0 Å². The standard InChI is InChI=1S/C17H13N5OS/c18-10-5-3-9(4-6-10)12-8-11(13-2-1-7-23-13)14-15(19)21-17(24)22-16(14)20-12/h1-8H,18H2,(H3,19,20,21,22,24). The molecule has 4 rings (SSSR count). The van der Waals surface area contributed by atoms with E-state index in [0.29, 0.717) is 28.3 Å². The van der Waals surface area contributed by atoms with Crippen molar-refractivity contribution in [2.24, 2.45) is 0 Å². The Balaban J connectivity index is 2.07. The van der Waals surface area contributed by atoms with Gasteiger partial charge in [0.05, 0.1) is 17.3 Å². The Labute approximate surface area is 142 Å². The van der Waals surface area contributed by atoms with Gasteiger partial charge in [0.25, 0.3) is 0 Å². The lowest BCUT2D eigenvalue weighted by molar-refractivity contribution is 0.583. The van der Waals surface area contributed by atoms with E-state index in [1.165, 1.54) is 0 Å². The Morgan fingerprint density at radius 3 is 2.54 bits per heavy atom. The molecule has 4 aromatic rings. The number of benzene rings is 1. The second-order valence-electron chi connectivity index (χ2n) is 5.31. The van der Waals surface area contributed by atoms with Crippen molar-refractivity contribution < 1.29 is 4.42 Å². The zero-order chi connectivity index (χ0) is 16.7. The van der Waals surface area contributed by atoms with Crippen LogP contribution < -0.4 is 11.5 Å². The highest BCUT2D eigenvalue weighted by Gasteiger charge is 2.15. The zero-order valence-corrected chi connectivity index (χ0v) is 13.3. The van der Waals surface area contributed by atoms with Crippen LogP contribution in [0.1, 0.15) is 0 Å². The number of rotatable bonds is 2. The molecule has 118 valence electrons. The first-order chi connectivity index (χ1) is 11.6. The van der Waals surface area contributed by atoms with Gasteiger partial charge in [0.2, 0.25) is 0 Å². The van der Waals surface area contributed by atoms with Crippen LogP contribution in [0.2, 0.25) is 0 Å². The van der Waals surface area contributed by atoms with Gasteiger partial charge in [-0.3, -0.25) is 0 Å². The van der Waals surface area contributed by atoms with Gasteiger partial charge in [-0.25, -0.2) is 4.98 Å². The Morgan fingerprint density at radius 2 is 1.83 bits per heavy atom. The van der Waals surface area contributed by atoms with Gasteiger partial charge >= 0.3 is 0 Å². The van der Waals surface area contributed by atoms with Gasteiger partial charge in [-0.05, 0) is 42.5 Å². The molecule has 0 aliphatic heterocycles. The first-order valence-corrected chi connectivity index (χ1v) is 7.63. The summed E-state index contributed by atoms with van der Waals surface area (Å²) in [6, 6.07) is 13.1. The van der Waals surface area contributed by atoms with Crippen molar-refractivity contribution in [1.29, 1.82) is 0 Å². The van der Waals surface area contributed by atoms with E-state index < -0.39 is 0 Å². The summed E-state index contributed by atoms with van der Waals surface area (Å²) in [5.74, 6) is 1.09.